The molecule has 0 rings (SSSR count). The molecule has 0 amide bonds. The highest BCUT2D eigenvalue weighted by Crippen LogP contribution is 1.95. The number of esters is 1. The van der Waals surface area contributed by atoms with Gasteiger partial charge in [0.2, 0.25) is 0 Å². The highest BCUT2D eigenvalue weighted by molar-refractivity contribution is 5.71. The third kappa shape index (κ3) is 6.03. The van der Waals surface area contributed by atoms with Crippen LogP contribution in [0.25, 0.3) is 0 Å². The number of nitroso groups, excluding NO2 is 1. The van der Waals surface area contributed by atoms with Gasteiger partial charge in [-0.1, -0.05) is 0 Å². The fourth-order valence-corrected chi connectivity index (χ4v) is 0.768. The lowest BCUT2D eigenvalue weighted by atomic mass is 10.3. The second kappa shape index (κ2) is 7.48. The molecule has 0 fully saturated rings. The van der Waals surface area contributed by atoms with Crippen LogP contribution in [-0.4, -0.2) is 42.9 Å². The van der Waals surface area contributed by atoms with E-state index in [1.54, 1.807) is 0 Å². The largest absolute Gasteiger partial charge is 0.468 e. The summed E-state index contributed by atoms with van der Waals surface area (Å²) < 4.78 is 4.36. The van der Waals surface area contributed by atoms with Crippen LogP contribution in [0.4, 0.5) is 0 Å². The molecule has 0 saturated heterocycles. The van der Waals surface area contributed by atoms with Crippen LogP contribution in [0.1, 0.15) is 12.8 Å². The van der Waals surface area contributed by atoms with Crippen LogP contribution < -0.4 is 0 Å². The van der Waals surface area contributed by atoms with E-state index < -0.39 is 5.97 Å². The third-order valence-corrected chi connectivity index (χ3v) is 1.48. The maximum Gasteiger partial charge on any atom is 0.327 e. The van der Waals surface area contributed by atoms with Gasteiger partial charge in [-0.05, 0) is 12.8 Å². The molecule has 0 bridgehead atoms. The molecule has 6 nitrogen and oxygen atoms in total. The number of hydrogen-bond donors (Lipinski definition) is 1. The van der Waals surface area contributed by atoms with Crippen LogP contribution in [0.3, 0.4) is 0 Å². The van der Waals surface area contributed by atoms with Crippen molar-refractivity contribution in [3.8, 4) is 0 Å². The first kappa shape index (κ1) is 11.8. The number of methoxy groups -OCH3 is 1. The first-order valence-electron chi connectivity index (χ1n) is 4.00. The number of nitrogens with zero attached hydrogens (tertiary/aromatic N) is 2. The minimum absolute atomic E-state index is 0.0743. The molecule has 0 heterocycles. The van der Waals surface area contributed by atoms with Gasteiger partial charge in [-0.3, -0.25) is 4.79 Å². The number of carbonyl (C=O) groups excluding carboxylic acids is 1. The fraction of sp³-hybridized carbons (Fsp3) is 0.857. The molecule has 13 heavy (non-hydrogen) atoms. The Labute approximate surface area is 76.4 Å². The minimum Gasteiger partial charge on any atom is -0.468 e. The van der Waals surface area contributed by atoms with E-state index in [0.29, 0.717) is 19.4 Å². The summed E-state index contributed by atoms with van der Waals surface area (Å²) in [6.45, 7) is 0.301. The van der Waals surface area contributed by atoms with E-state index in [0.717, 1.165) is 5.01 Å². The Balaban J connectivity index is 3.62. The topological polar surface area (TPSA) is 79.2 Å². The van der Waals surface area contributed by atoms with Gasteiger partial charge in [0.25, 0.3) is 0 Å². The lowest BCUT2D eigenvalue weighted by Gasteiger charge is -2.12. The van der Waals surface area contributed by atoms with Gasteiger partial charge in [0, 0.05) is 13.2 Å². The van der Waals surface area contributed by atoms with Crippen LogP contribution in [0, 0.1) is 4.91 Å². The second-order valence-corrected chi connectivity index (χ2v) is 2.48. The number of aliphatic hydroxyl groups excluding tert-OH is 1. The maximum atomic E-state index is 10.7. The van der Waals surface area contributed by atoms with Crippen LogP contribution in [0.15, 0.2) is 5.29 Å². The van der Waals surface area contributed by atoms with Crippen LogP contribution in [0.2, 0.25) is 0 Å². The lowest BCUT2D eigenvalue weighted by molar-refractivity contribution is -0.141. The van der Waals surface area contributed by atoms with Gasteiger partial charge in [-0.15, -0.1) is 4.91 Å². The maximum absolute atomic E-state index is 10.7. The highest BCUT2D eigenvalue weighted by Gasteiger charge is 2.08. The quantitative estimate of drug-likeness (QED) is 0.263. The third-order valence-electron chi connectivity index (χ3n) is 1.48. The summed E-state index contributed by atoms with van der Waals surface area (Å²) in [7, 11) is 1.25. The molecule has 0 saturated carbocycles. The SMILES string of the molecule is COC(=O)CN(CCCCO)N=O. The summed E-state index contributed by atoms with van der Waals surface area (Å²) in [4.78, 5) is 20.9. The fourth-order valence-electron chi connectivity index (χ4n) is 0.768. The Hall–Kier alpha value is -1.17. The predicted octanol–water partition coefficient (Wildman–Crippen LogP) is -0.0847. The molecule has 0 spiro atoms. The van der Waals surface area contributed by atoms with E-state index in [9.17, 15) is 9.70 Å². The highest BCUT2D eigenvalue weighted by atomic mass is 16.5. The van der Waals surface area contributed by atoms with Crippen molar-refractivity contribution in [1.29, 1.82) is 0 Å². The Morgan fingerprint density at radius 2 is 2.23 bits per heavy atom. The number of hydrogen-bond acceptors (Lipinski definition) is 5. The number of rotatable bonds is 7. The van der Waals surface area contributed by atoms with E-state index in [-0.39, 0.29) is 13.2 Å². The van der Waals surface area contributed by atoms with E-state index in [1.165, 1.54) is 7.11 Å². The normalized spacial score (nSPS) is 9.38. The average Bonchev–Trinajstić information content (AvgIpc) is 2.16. The van der Waals surface area contributed by atoms with Gasteiger partial charge in [0.15, 0.2) is 0 Å². The standard InChI is InChI=1S/C7H14N2O4/c1-13-7(11)6-9(8-12)4-2-3-5-10/h10H,2-6H2,1H3. The lowest BCUT2D eigenvalue weighted by Crippen LogP contribution is -2.26. The molecule has 0 atom stereocenters. The molecule has 0 aliphatic carbocycles. The number of aliphatic hydroxyl groups is 1. The molecule has 76 valence electrons. The van der Waals surface area contributed by atoms with Gasteiger partial charge in [-0.25, -0.2) is 5.01 Å². The monoisotopic (exact) mass is 190 g/mol. The molecule has 0 aromatic rings. The summed E-state index contributed by atoms with van der Waals surface area (Å²) in [5.41, 5.74) is 0. The van der Waals surface area contributed by atoms with Crippen molar-refractivity contribution in [2.24, 2.45) is 5.29 Å². The van der Waals surface area contributed by atoms with E-state index in [4.69, 9.17) is 5.11 Å². The second-order valence-electron chi connectivity index (χ2n) is 2.48. The summed E-state index contributed by atoms with van der Waals surface area (Å²) in [6.07, 6.45) is 1.21. The van der Waals surface area contributed by atoms with E-state index in [2.05, 4.69) is 10.0 Å². The van der Waals surface area contributed by atoms with Crippen LogP contribution in [0.5, 0.6) is 0 Å². The smallest absolute Gasteiger partial charge is 0.327 e. The van der Waals surface area contributed by atoms with E-state index >= 15 is 0 Å². The summed E-state index contributed by atoms with van der Waals surface area (Å²) in [5.74, 6) is -0.497. The van der Waals surface area contributed by atoms with Gasteiger partial charge in [0.05, 0.1) is 12.4 Å². The zero-order valence-corrected chi connectivity index (χ0v) is 7.60. The number of unbranched alkanes of at least 4 members (excludes halogenated alkanes) is 1. The minimum atomic E-state index is -0.497. The molecule has 0 unspecified atom stereocenters. The van der Waals surface area contributed by atoms with Crippen LogP contribution >= 0.6 is 0 Å². The molecule has 0 radical (unpaired) electrons. The van der Waals surface area contributed by atoms with Crippen molar-refractivity contribution < 1.29 is 14.6 Å². The summed E-state index contributed by atoms with van der Waals surface area (Å²) in [5, 5.41) is 12.2. The summed E-state index contributed by atoms with van der Waals surface area (Å²) >= 11 is 0. The number of ether oxygens (including phenoxy) is 1. The molecule has 0 aliphatic rings. The van der Waals surface area contributed by atoms with Crippen LogP contribution in [-0.2, 0) is 9.53 Å². The zero-order valence-electron chi connectivity index (χ0n) is 7.60. The van der Waals surface area contributed by atoms with Crippen molar-refractivity contribution in [3.05, 3.63) is 4.91 Å². The van der Waals surface area contributed by atoms with Gasteiger partial charge < -0.3 is 9.84 Å². The Morgan fingerprint density at radius 1 is 1.54 bits per heavy atom. The van der Waals surface area contributed by atoms with Gasteiger partial charge >= 0.3 is 5.97 Å². The predicted molar refractivity (Wildman–Crippen MR) is 45.7 cm³/mol. The summed E-state index contributed by atoms with van der Waals surface area (Å²) in [6, 6.07) is 0. The van der Waals surface area contributed by atoms with Crippen molar-refractivity contribution in [2.75, 3.05) is 26.8 Å². The Bertz CT molecular complexity index is 163. The first-order chi connectivity index (χ1) is 6.24. The van der Waals surface area contributed by atoms with Gasteiger partial charge in [0.1, 0.15) is 6.54 Å². The van der Waals surface area contributed by atoms with E-state index in [1.807, 2.05) is 0 Å². The molecule has 6 heteroatoms. The first-order valence-corrected chi connectivity index (χ1v) is 4.00. The molecular weight excluding hydrogens is 176 g/mol. The molecule has 1 N–H and O–H groups in total. The van der Waals surface area contributed by atoms with Crippen molar-refractivity contribution in [3.63, 3.8) is 0 Å². The van der Waals surface area contributed by atoms with Gasteiger partial charge in [-0.2, -0.15) is 0 Å². The molecule has 0 aromatic carbocycles. The molecule has 0 aromatic heterocycles. The van der Waals surface area contributed by atoms with Crippen molar-refractivity contribution in [1.82, 2.24) is 5.01 Å². The molecular formula is C7H14N2O4. The van der Waals surface area contributed by atoms with Crippen molar-refractivity contribution in [2.45, 2.75) is 12.8 Å². The van der Waals surface area contributed by atoms with Crippen molar-refractivity contribution >= 4 is 5.97 Å². The Morgan fingerprint density at radius 3 is 2.69 bits per heavy atom. The zero-order chi connectivity index (χ0) is 10.1. The Kier molecular flexibility index (Phi) is 6.80. The molecule has 0 aliphatic heterocycles. The number of carbonyl (C=O) groups is 1. The average molecular weight is 190 g/mol.